The van der Waals surface area contributed by atoms with Crippen LogP contribution < -0.4 is 4.74 Å². The van der Waals surface area contributed by atoms with E-state index < -0.39 is 22.2 Å². The second-order valence-corrected chi connectivity index (χ2v) is 6.73. The van der Waals surface area contributed by atoms with Gasteiger partial charge in [0.15, 0.2) is 5.41 Å². The molecule has 0 heterocycles. The molecule has 2 rings (SSSR count). The van der Waals surface area contributed by atoms with Gasteiger partial charge in [-0.3, -0.25) is 9.59 Å². The minimum absolute atomic E-state index is 0.180. The molecular weight excluding hydrogens is 408 g/mol. The zero-order valence-corrected chi connectivity index (χ0v) is 16.2. The first-order valence-electron chi connectivity index (χ1n) is 7.73. The third-order valence-electron chi connectivity index (χ3n) is 3.79. The van der Waals surface area contributed by atoms with Crippen molar-refractivity contribution in [2.75, 3.05) is 6.61 Å². The molecule has 0 fully saturated rings. The fraction of sp³-hybridized carbons (Fsp3) is 0.263. The molecular formula is C19H18BrClO4. The van der Waals surface area contributed by atoms with Crippen LogP contribution in [-0.4, -0.2) is 23.4 Å². The topological polar surface area (TPSA) is 52.6 Å². The molecule has 0 aliphatic heterocycles. The number of benzene rings is 2. The summed E-state index contributed by atoms with van der Waals surface area (Å²) in [7, 11) is 0. The molecule has 2 aromatic rings. The Bertz CT molecular complexity index is 733. The number of carbonyl (C=O) groups excluding carboxylic acids is 2. The first kappa shape index (κ1) is 19.5. The average molecular weight is 426 g/mol. The van der Waals surface area contributed by atoms with Crippen LogP contribution >= 0.6 is 27.5 Å². The Balaban J connectivity index is 2.31. The van der Waals surface area contributed by atoms with Crippen molar-refractivity contribution in [2.24, 2.45) is 0 Å². The summed E-state index contributed by atoms with van der Waals surface area (Å²) in [6, 6.07) is 15.4. The number of halogens is 2. The second-order valence-electron chi connectivity index (χ2n) is 5.46. The molecule has 0 bridgehead atoms. The molecule has 0 saturated carbocycles. The first-order chi connectivity index (χ1) is 11.9. The van der Waals surface area contributed by atoms with E-state index in [4.69, 9.17) is 21.1 Å². The normalized spacial score (nSPS) is 14.2. The van der Waals surface area contributed by atoms with Crippen molar-refractivity contribution in [3.63, 3.8) is 0 Å². The number of alkyl halides is 1. The summed E-state index contributed by atoms with van der Waals surface area (Å²) >= 11 is 9.08. The quantitative estimate of drug-likeness (QED) is 0.371. The van der Waals surface area contributed by atoms with E-state index in [1.807, 2.05) is 6.07 Å². The Kier molecular flexibility index (Phi) is 6.62. The fourth-order valence-electron chi connectivity index (χ4n) is 2.32. The van der Waals surface area contributed by atoms with E-state index in [2.05, 4.69) is 15.9 Å². The smallest absolute Gasteiger partial charge is 0.324 e. The number of hydrogen-bond acceptors (Lipinski definition) is 4. The van der Waals surface area contributed by atoms with E-state index in [1.165, 1.54) is 0 Å². The lowest BCUT2D eigenvalue weighted by atomic mass is 9.78. The molecule has 0 radical (unpaired) electrons. The standard InChI is InChI=1S/C19H18BrClO4/c1-3-24-18(23)19(2,13-7-5-4-6-8-13)16(22)17(20)25-15-11-9-14(21)10-12-15/h4-12,17H,3H2,1-2H3. The molecule has 0 aliphatic rings. The molecule has 2 unspecified atom stereocenters. The van der Waals surface area contributed by atoms with Gasteiger partial charge in [-0.05, 0) is 59.6 Å². The van der Waals surface area contributed by atoms with E-state index in [9.17, 15) is 9.59 Å². The summed E-state index contributed by atoms with van der Waals surface area (Å²) in [5.74, 6) is -0.610. The second kappa shape index (κ2) is 8.50. The Labute approximate surface area is 160 Å². The van der Waals surface area contributed by atoms with Gasteiger partial charge in [0, 0.05) is 5.02 Å². The Morgan fingerprint density at radius 2 is 1.72 bits per heavy atom. The van der Waals surface area contributed by atoms with Gasteiger partial charge in [-0.25, -0.2) is 0 Å². The van der Waals surface area contributed by atoms with Crippen molar-refractivity contribution < 1.29 is 19.1 Å². The van der Waals surface area contributed by atoms with Crippen LogP contribution in [0.2, 0.25) is 5.02 Å². The van der Waals surface area contributed by atoms with E-state index in [0.29, 0.717) is 16.3 Å². The van der Waals surface area contributed by atoms with Gasteiger partial charge >= 0.3 is 5.97 Å². The lowest BCUT2D eigenvalue weighted by molar-refractivity contribution is -0.154. The van der Waals surface area contributed by atoms with Gasteiger partial charge in [-0.1, -0.05) is 41.9 Å². The van der Waals surface area contributed by atoms with Crippen LogP contribution in [0.5, 0.6) is 5.75 Å². The van der Waals surface area contributed by atoms with Gasteiger partial charge in [0.2, 0.25) is 10.8 Å². The predicted octanol–water partition coefficient (Wildman–Crippen LogP) is 4.53. The van der Waals surface area contributed by atoms with E-state index in [-0.39, 0.29) is 6.61 Å². The van der Waals surface area contributed by atoms with Crippen LogP contribution in [0.1, 0.15) is 19.4 Å². The van der Waals surface area contributed by atoms with Gasteiger partial charge in [0.25, 0.3) is 0 Å². The summed E-state index contributed by atoms with van der Waals surface area (Å²) in [6.45, 7) is 3.42. The van der Waals surface area contributed by atoms with Crippen molar-refractivity contribution in [3.8, 4) is 5.75 Å². The van der Waals surface area contributed by atoms with Crippen molar-refractivity contribution in [2.45, 2.75) is 24.3 Å². The monoisotopic (exact) mass is 424 g/mol. The lowest BCUT2D eigenvalue weighted by Crippen LogP contribution is -2.47. The van der Waals surface area contributed by atoms with Crippen molar-refractivity contribution >= 4 is 39.3 Å². The summed E-state index contributed by atoms with van der Waals surface area (Å²) < 4.78 is 10.8. The summed E-state index contributed by atoms with van der Waals surface area (Å²) in [5.41, 5.74) is -0.944. The molecule has 0 amide bonds. The Morgan fingerprint density at radius 1 is 1.12 bits per heavy atom. The molecule has 0 aliphatic carbocycles. The van der Waals surface area contributed by atoms with Crippen molar-refractivity contribution in [1.82, 2.24) is 0 Å². The van der Waals surface area contributed by atoms with Gasteiger partial charge in [0.05, 0.1) is 6.61 Å². The third-order valence-corrected chi connectivity index (χ3v) is 4.64. The molecule has 6 heteroatoms. The molecule has 0 N–H and O–H groups in total. The maximum absolute atomic E-state index is 13.1. The highest BCUT2D eigenvalue weighted by Crippen LogP contribution is 2.31. The number of Topliss-reactive ketones (excluding diaryl/α,β-unsaturated/α-hetero) is 1. The highest BCUT2D eigenvalue weighted by Gasteiger charge is 2.47. The third kappa shape index (κ3) is 4.41. The van der Waals surface area contributed by atoms with Gasteiger partial charge in [0.1, 0.15) is 5.75 Å². The van der Waals surface area contributed by atoms with E-state index in [1.54, 1.807) is 62.4 Å². The Morgan fingerprint density at radius 3 is 2.28 bits per heavy atom. The fourth-order valence-corrected chi connectivity index (χ4v) is 3.12. The molecule has 2 aromatic carbocycles. The minimum Gasteiger partial charge on any atom is -0.471 e. The maximum atomic E-state index is 13.1. The Hall–Kier alpha value is -1.85. The van der Waals surface area contributed by atoms with Gasteiger partial charge in [-0.2, -0.15) is 0 Å². The number of ketones is 1. The highest BCUT2D eigenvalue weighted by atomic mass is 79.9. The average Bonchev–Trinajstić information content (AvgIpc) is 2.63. The minimum atomic E-state index is -1.49. The van der Waals surface area contributed by atoms with E-state index >= 15 is 0 Å². The predicted molar refractivity (Wildman–Crippen MR) is 100 cm³/mol. The molecule has 0 aromatic heterocycles. The SMILES string of the molecule is CCOC(=O)C(C)(C(=O)C(Br)Oc1ccc(Cl)cc1)c1ccccc1. The van der Waals surface area contributed by atoms with E-state index in [0.717, 1.165) is 0 Å². The zero-order valence-electron chi connectivity index (χ0n) is 13.9. The molecule has 25 heavy (non-hydrogen) atoms. The van der Waals surface area contributed by atoms with Gasteiger partial charge < -0.3 is 9.47 Å². The molecule has 2 atom stereocenters. The number of ether oxygens (including phenoxy) is 2. The van der Waals surface area contributed by atoms with Crippen LogP contribution in [0.4, 0.5) is 0 Å². The van der Waals surface area contributed by atoms with Crippen molar-refractivity contribution in [1.29, 1.82) is 0 Å². The van der Waals surface area contributed by atoms with Crippen LogP contribution in [0.15, 0.2) is 54.6 Å². The number of rotatable bonds is 7. The zero-order chi connectivity index (χ0) is 18.4. The summed E-state index contributed by atoms with van der Waals surface area (Å²) in [6.07, 6.45) is 0. The number of esters is 1. The summed E-state index contributed by atoms with van der Waals surface area (Å²) in [5, 5.41) is -0.464. The summed E-state index contributed by atoms with van der Waals surface area (Å²) in [4.78, 5) is 25.6. The molecule has 0 saturated heterocycles. The highest BCUT2D eigenvalue weighted by molar-refractivity contribution is 9.09. The number of carbonyl (C=O) groups is 2. The first-order valence-corrected chi connectivity index (χ1v) is 9.02. The van der Waals surface area contributed by atoms with Crippen LogP contribution in [0, 0.1) is 0 Å². The number of hydrogen-bond donors (Lipinski definition) is 0. The van der Waals surface area contributed by atoms with Gasteiger partial charge in [-0.15, -0.1) is 0 Å². The molecule has 132 valence electrons. The molecule has 0 spiro atoms. The molecule has 4 nitrogen and oxygen atoms in total. The lowest BCUT2D eigenvalue weighted by Gasteiger charge is -2.28. The van der Waals surface area contributed by atoms with Crippen LogP contribution in [0.25, 0.3) is 0 Å². The maximum Gasteiger partial charge on any atom is 0.324 e. The van der Waals surface area contributed by atoms with Crippen LogP contribution in [-0.2, 0) is 19.7 Å². The van der Waals surface area contributed by atoms with Crippen LogP contribution in [0.3, 0.4) is 0 Å². The van der Waals surface area contributed by atoms with Crippen molar-refractivity contribution in [3.05, 3.63) is 65.2 Å². The largest absolute Gasteiger partial charge is 0.471 e.